The van der Waals surface area contributed by atoms with E-state index >= 15 is 0 Å². The van der Waals surface area contributed by atoms with Gasteiger partial charge in [0.2, 0.25) is 0 Å². The van der Waals surface area contributed by atoms with Crippen LogP contribution in [0.2, 0.25) is 0 Å². The monoisotopic (exact) mass is 308 g/mol. The number of hydrogen-bond donors (Lipinski definition) is 0. The summed E-state index contributed by atoms with van der Waals surface area (Å²) in [5.74, 6) is 2.77. The van der Waals surface area contributed by atoms with Crippen LogP contribution in [-0.2, 0) is 4.84 Å². The molecule has 0 amide bonds. The van der Waals surface area contributed by atoms with Crippen LogP contribution >= 0.6 is 0 Å². The summed E-state index contributed by atoms with van der Waals surface area (Å²) < 4.78 is 5.82. The van der Waals surface area contributed by atoms with Crippen LogP contribution in [0.1, 0.15) is 30.9 Å². The highest BCUT2D eigenvalue weighted by molar-refractivity contribution is 5.83. The van der Waals surface area contributed by atoms with Crippen molar-refractivity contribution in [3.8, 4) is 11.5 Å². The molecule has 0 bridgehead atoms. The Kier molecular flexibility index (Phi) is 3.88. The summed E-state index contributed by atoms with van der Waals surface area (Å²) in [6, 6.07) is 17.9. The van der Waals surface area contributed by atoms with Crippen molar-refractivity contribution in [2.24, 2.45) is 5.16 Å². The van der Waals surface area contributed by atoms with Gasteiger partial charge in [0.05, 0.1) is 6.42 Å². The number of likely N-dealkylation sites (tertiary alicyclic amines) is 1. The number of rotatable bonds is 3. The Balaban J connectivity index is 1.39. The zero-order chi connectivity index (χ0) is 15.5. The molecule has 0 radical (unpaired) electrons. The van der Waals surface area contributed by atoms with Gasteiger partial charge < -0.3 is 14.5 Å². The number of ether oxygens (including phenoxy) is 1. The lowest BCUT2D eigenvalue weighted by molar-refractivity contribution is 0.0855. The summed E-state index contributed by atoms with van der Waals surface area (Å²) >= 11 is 0. The molecule has 1 unspecified atom stereocenters. The van der Waals surface area contributed by atoms with E-state index in [4.69, 9.17) is 9.57 Å². The van der Waals surface area contributed by atoms with Crippen molar-refractivity contribution in [1.29, 1.82) is 0 Å². The van der Waals surface area contributed by atoms with Gasteiger partial charge in [-0.1, -0.05) is 35.5 Å². The molecule has 1 saturated heterocycles. The van der Waals surface area contributed by atoms with Gasteiger partial charge in [-0.05, 0) is 42.7 Å². The Labute approximate surface area is 136 Å². The van der Waals surface area contributed by atoms with E-state index in [1.165, 1.54) is 12.8 Å². The van der Waals surface area contributed by atoms with Crippen molar-refractivity contribution < 1.29 is 9.57 Å². The normalized spacial score (nSPS) is 20.3. The highest BCUT2D eigenvalue weighted by Crippen LogP contribution is 2.31. The van der Waals surface area contributed by atoms with Gasteiger partial charge in [0.25, 0.3) is 0 Å². The Hall–Kier alpha value is -2.49. The fourth-order valence-electron chi connectivity index (χ4n) is 3.08. The van der Waals surface area contributed by atoms with Gasteiger partial charge >= 0.3 is 0 Å². The maximum absolute atomic E-state index is 5.82. The van der Waals surface area contributed by atoms with Gasteiger partial charge in [-0.3, -0.25) is 0 Å². The molecule has 0 N–H and O–H groups in total. The lowest BCUT2D eigenvalue weighted by atomic mass is 10.1. The first-order valence-corrected chi connectivity index (χ1v) is 8.19. The number of benzene rings is 2. The predicted octanol–water partition coefficient (Wildman–Crippen LogP) is 4.35. The largest absolute Gasteiger partial charge is 0.457 e. The number of hydrogen-bond acceptors (Lipinski definition) is 4. The summed E-state index contributed by atoms with van der Waals surface area (Å²) in [4.78, 5) is 7.97. The lowest BCUT2D eigenvalue weighted by Gasteiger charge is -2.15. The maximum Gasteiger partial charge on any atom is 0.159 e. The molecule has 1 atom stereocenters. The lowest BCUT2D eigenvalue weighted by Crippen LogP contribution is -2.26. The number of oxime groups is 1. The molecule has 1 fully saturated rings. The third-order valence-corrected chi connectivity index (χ3v) is 4.36. The molecule has 2 aliphatic rings. The summed E-state index contributed by atoms with van der Waals surface area (Å²) in [5.41, 5.74) is 1.14. The SMILES string of the molecule is c1ccc(Oc2ccc(C3CC(N4CCCC4)=NO3)cc2)cc1. The van der Waals surface area contributed by atoms with E-state index in [1.54, 1.807) is 0 Å². The molecule has 4 rings (SSSR count). The molecule has 0 aliphatic carbocycles. The Morgan fingerprint density at radius 2 is 1.61 bits per heavy atom. The quantitative estimate of drug-likeness (QED) is 0.845. The fourth-order valence-corrected chi connectivity index (χ4v) is 3.08. The van der Waals surface area contributed by atoms with Crippen molar-refractivity contribution in [3.05, 3.63) is 60.2 Å². The second kappa shape index (κ2) is 6.32. The van der Waals surface area contributed by atoms with Crippen LogP contribution in [0.5, 0.6) is 11.5 Å². The van der Waals surface area contributed by atoms with Crippen molar-refractivity contribution in [2.45, 2.75) is 25.4 Å². The van der Waals surface area contributed by atoms with Gasteiger partial charge in [0.15, 0.2) is 6.10 Å². The van der Waals surface area contributed by atoms with Crippen molar-refractivity contribution in [2.75, 3.05) is 13.1 Å². The molecule has 23 heavy (non-hydrogen) atoms. The second-order valence-electron chi connectivity index (χ2n) is 5.98. The first-order valence-electron chi connectivity index (χ1n) is 8.19. The van der Waals surface area contributed by atoms with Crippen LogP contribution in [0, 0.1) is 0 Å². The Bertz CT molecular complexity index is 676. The molecular weight excluding hydrogens is 288 g/mol. The van der Waals surface area contributed by atoms with Crippen molar-refractivity contribution >= 4 is 5.84 Å². The zero-order valence-electron chi connectivity index (χ0n) is 13.0. The summed E-state index contributed by atoms with van der Waals surface area (Å²) in [7, 11) is 0. The standard InChI is InChI=1S/C19H20N2O2/c1-2-6-16(7-3-1)22-17-10-8-15(9-11-17)18-14-19(20-23-18)21-12-4-5-13-21/h1-3,6-11,18H,4-5,12-14H2. The van der Waals surface area contributed by atoms with Gasteiger partial charge in [0.1, 0.15) is 17.3 Å². The topological polar surface area (TPSA) is 34.1 Å². The van der Waals surface area contributed by atoms with E-state index in [0.29, 0.717) is 0 Å². The van der Waals surface area contributed by atoms with E-state index in [0.717, 1.165) is 42.4 Å². The minimum atomic E-state index is 0.0244. The van der Waals surface area contributed by atoms with E-state index < -0.39 is 0 Å². The Morgan fingerprint density at radius 1 is 0.913 bits per heavy atom. The zero-order valence-corrected chi connectivity index (χ0v) is 13.0. The van der Waals surface area contributed by atoms with Gasteiger partial charge in [0, 0.05) is 13.1 Å². The van der Waals surface area contributed by atoms with Gasteiger partial charge in [-0.25, -0.2) is 0 Å². The summed E-state index contributed by atoms with van der Waals surface area (Å²) in [6.07, 6.45) is 3.40. The molecule has 2 aliphatic heterocycles. The van der Waals surface area contributed by atoms with E-state index in [2.05, 4.69) is 22.2 Å². The maximum atomic E-state index is 5.82. The molecular formula is C19H20N2O2. The molecule has 0 aromatic heterocycles. The second-order valence-corrected chi connectivity index (χ2v) is 5.98. The fraction of sp³-hybridized carbons (Fsp3) is 0.316. The smallest absolute Gasteiger partial charge is 0.159 e. The molecule has 2 heterocycles. The van der Waals surface area contributed by atoms with E-state index in [1.807, 2.05) is 42.5 Å². The average Bonchev–Trinajstić information content (AvgIpc) is 3.28. The van der Waals surface area contributed by atoms with Crippen LogP contribution in [-0.4, -0.2) is 23.8 Å². The summed E-state index contributed by atoms with van der Waals surface area (Å²) in [5, 5.41) is 4.28. The minimum absolute atomic E-state index is 0.0244. The third kappa shape index (κ3) is 3.16. The average molecular weight is 308 g/mol. The first kappa shape index (κ1) is 14.1. The Morgan fingerprint density at radius 3 is 2.35 bits per heavy atom. The highest BCUT2D eigenvalue weighted by Gasteiger charge is 2.27. The molecule has 2 aromatic carbocycles. The molecule has 4 nitrogen and oxygen atoms in total. The number of para-hydroxylation sites is 1. The third-order valence-electron chi connectivity index (χ3n) is 4.36. The number of amidine groups is 1. The van der Waals surface area contributed by atoms with Crippen LogP contribution < -0.4 is 4.74 Å². The van der Waals surface area contributed by atoms with Crippen LogP contribution in [0.3, 0.4) is 0 Å². The highest BCUT2D eigenvalue weighted by atomic mass is 16.6. The molecule has 118 valence electrons. The number of nitrogens with zero attached hydrogens (tertiary/aromatic N) is 2. The molecule has 2 aromatic rings. The van der Waals surface area contributed by atoms with Gasteiger partial charge in [-0.15, -0.1) is 0 Å². The van der Waals surface area contributed by atoms with Crippen molar-refractivity contribution in [3.63, 3.8) is 0 Å². The molecule has 0 spiro atoms. The summed E-state index contributed by atoms with van der Waals surface area (Å²) in [6.45, 7) is 2.22. The van der Waals surface area contributed by atoms with Gasteiger partial charge in [-0.2, -0.15) is 0 Å². The van der Waals surface area contributed by atoms with E-state index in [9.17, 15) is 0 Å². The van der Waals surface area contributed by atoms with Crippen molar-refractivity contribution in [1.82, 2.24) is 4.90 Å². The van der Waals surface area contributed by atoms with E-state index in [-0.39, 0.29) is 6.10 Å². The first-order chi connectivity index (χ1) is 11.4. The molecule has 0 saturated carbocycles. The predicted molar refractivity (Wildman–Crippen MR) is 89.6 cm³/mol. The van der Waals surface area contributed by atoms with Crippen LogP contribution in [0.15, 0.2) is 59.8 Å². The van der Waals surface area contributed by atoms with Crippen LogP contribution in [0.25, 0.3) is 0 Å². The van der Waals surface area contributed by atoms with Crippen LogP contribution in [0.4, 0.5) is 0 Å². The molecule has 4 heteroatoms. The minimum Gasteiger partial charge on any atom is -0.457 e.